The first kappa shape index (κ1) is 25.0. The molecule has 0 unspecified atom stereocenters. The van der Waals surface area contributed by atoms with E-state index in [1.54, 1.807) is 23.9 Å². The van der Waals surface area contributed by atoms with E-state index in [-0.39, 0.29) is 35.5 Å². The predicted octanol–water partition coefficient (Wildman–Crippen LogP) is 5.12. The van der Waals surface area contributed by atoms with Gasteiger partial charge < -0.3 is 24.2 Å². The van der Waals surface area contributed by atoms with Crippen LogP contribution in [0, 0.1) is 0 Å². The predicted molar refractivity (Wildman–Crippen MR) is 128 cm³/mol. The van der Waals surface area contributed by atoms with Crippen molar-refractivity contribution < 1.29 is 23.7 Å². The molecule has 1 aromatic rings. The minimum absolute atomic E-state index is 0.0144. The summed E-state index contributed by atoms with van der Waals surface area (Å²) in [6, 6.07) is 0. The molecule has 2 heterocycles. The molecule has 0 spiro atoms. The molecule has 9 heteroatoms. The molecule has 3 rings (SSSR count). The average molecular weight is 478 g/mol. The second-order valence-electron chi connectivity index (χ2n) is 8.16. The summed E-state index contributed by atoms with van der Waals surface area (Å²) in [7, 11) is 0. The number of rotatable bonds is 12. The molecule has 1 aliphatic heterocycles. The highest BCUT2D eigenvalue weighted by Gasteiger charge is 2.25. The number of aromatic hydroxyl groups is 1. The third-order valence-electron chi connectivity index (χ3n) is 5.02. The van der Waals surface area contributed by atoms with Crippen LogP contribution in [-0.4, -0.2) is 57.2 Å². The fraction of sp³-hybridized carbons (Fsp3) is 0.500. The number of ether oxygens (including phenoxy) is 3. The minimum atomic E-state index is -0.852. The van der Waals surface area contributed by atoms with Crippen LogP contribution >= 0.6 is 11.8 Å². The molecule has 1 aliphatic carbocycles. The SMILES string of the molecule is C=C/C(=C\C=C(/CF)Oc1ncnc(OC2CCN(C(=C)OC(C)C)CC2)c1O)SC1CC1. The van der Waals surface area contributed by atoms with Crippen molar-refractivity contribution >= 4 is 11.8 Å². The standard InChI is InChI=1S/C24H32FN3O4S/c1-5-20(33-21-8-9-21)7-6-19(14-25)32-24-22(29)23(26-15-27-24)31-18-10-12-28(13-11-18)17(4)30-16(2)3/h5-7,15-16,18,21,29H,1,4,8-14H2,2-3H3/b19-6+,20-7+. The Morgan fingerprint density at radius 3 is 2.55 bits per heavy atom. The summed E-state index contributed by atoms with van der Waals surface area (Å²) < 4.78 is 30.6. The van der Waals surface area contributed by atoms with Crippen LogP contribution in [0.1, 0.15) is 39.5 Å². The summed E-state index contributed by atoms with van der Waals surface area (Å²) in [4.78, 5) is 11.0. The fourth-order valence-corrected chi connectivity index (χ4v) is 4.17. The van der Waals surface area contributed by atoms with E-state index >= 15 is 0 Å². The van der Waals surface area contributed by atoms with Crippen LogP contribution in [0.25, 0.3) is 0 Å². The van der Waals surface area contributed by atoms with Crippen molar-refractivity contribution in [3.8, 4) is 17.5 Å². The Kier molecular flexibility index (Phi) is 9.05. The van der Waals surface area contributed by atoms with Crippen molar-refractivity contribution in [3.05, 3.63) is 54.3 Å². The second-order valence-corrected chi connectivity index (χ2v) is 9.53. The van der Waals surface area contributed by atoms with Gasteiger partial charge in [0.15, 0.2) is 5.88 Å². The number of piperidine rings is 1. The molecule has 180 valence electrons. The molecule has 0 amide bonds. The first-order valence-corrected chi connectivity index (χ1v) is 12.0. The van der Waals surface area contributed by atoms with Crippen molar-refractivity contribution in [2.24, 2.45) is 0 Å². The van der Waals surface area contributed by atoms with Gasteiger partial charge in [-0.1, -0.05) is 12.7 Å². The molecular weight excluding hydrogens is 445 g/mol. The first-order valence-electron chi connectivity index (χ1n) is 11.1. The molecule has 0 bridgehead atoms. The zero-order chi connectivity index (χ0) is 23.8. The number of aromatic nitrogens is 2. The van der Waals surface area contributed by atoms with Crippen LogP contribution in [0.15, 0.2) is 54.3 Å². The van der Waals surface area contributed by atoms with Gasteiger partial charge in [-0.25, -0.2) is 4.39 Å². The molecule has 2 aliphatic rings. The van der Waals surface area contributed by atoms with E-state index < -0.39 is 6.67 Å². The van der Waals surface area contributed by atoms with E-state index in [9.17, 15) is 9.50 Å². The van der Waals surface area contributed by atoms with Gasteiger partial charge in [-0.15, -0.1) is 11.8 Å². The lowest BCUT2D eigenvalue weighted by molar-refractivity contribution is 0.0368. The quantitative estimate of drug-likeness (QED) is 0.328. The number of hydrogen-bond donors (Lipinski definition) is 1. The van der Waals surface area contributed by atoms with E-state index in [0.717, 1.165) is 18.0 Å². The Labute approximate surface area is 199 Å². The number of thioether (sulfide) groups is 1. The van der Waals surface area contributed by atoms with Crippen LogP contribution in [-0.2, 0) is 4.74 Å². The van der Waals surface area contributed by atoms with Gasteiger partial charge in [-0.2, -0.15) is 9.97 Å². The summed E-state index contributed by atoms with van der Waals surface area (Å²) >= 11 is 1.71. The Morgan fingerprint density at radius 2 is 1.94 bits per heavy atom. The average Bonchev–Trinajstić information content (AvgIpc) is 3.62. The van der Waals surface area contributed by atoms with Gasteiger partial charge >= 0.3 is 0 Å². The summed E-state index contributed by atoms with van der Waals surface area (Å²) in [6.45, 7) is 12.3. The van der Waals surface area contributed by atoms with Crippen molar-refractivity contribution in [2.75, 3.05) is 19.8 Å². The summed E-state index contributed by atoms with van der Waals surface area (Å²) in [6.07, 6.45) is 9.96. The summed E-state index contributed by atoms with van der Waals surface area (Å²) in [5.41, 5.74) is 0. The van der Waals surface area contributed by atoms with Crippen molar-refractivity contribution in [2.45, 2.75) is 57.0 Å². The van der Waals surface area contributed by atoms with Gasteiger partial charge in [0.05, 0.1) is 6.10 Å². The van der Waals surface area contributed by atoms with Crippen LogP contribution in [0.3, 0.4) is 0 Å². The van der Waals surface area contributed by atoms with Gasteiger partial charge in [0.25, 0.3) is 11.8 Å². The maximum atomic E-state index is 13.5. The molecule has 7 nitrogen and oxygen atoms in total. The van der Waals surface area contributed by atoms with E-state index in [1.807, 2.05) is 13.8 Å². The smallest absolute Gasteiger partial charge is 0.269 e. The normalized spacial score (nSPS) is 17.8. The van der Waals surface area contributed by atoms with Crippen LogP contribution in [0.2, 0.25) is 0 Å². The monoisotopic (exact) mass is 477 g/mol. The van der Waals surface area contributed by atoms with Crippen LogP contribution < -0.4 is 9.47 Å². The van der Waals surface area contributed by atoms with E-state index in [1.165, 1.54) is 25.2 Å². The first-order chi connectivity index (χ1) is 15.9. The minimum Gasteiger partial charge on any atom is -0.499 e. The molecule has 1 saturated heterocycles. The third kappa shape index (κ3) is 7.70. The maximum Gasteiger partial charge on any atom is 0.269 e. The number of nitrogens with zero attached hydrogens (tertiary/aromatic N) is 3. The number of alkyl halides is 1. The van der Waals surface area contributed by atoms with Crippen LogP contribution in [0.5, 0.6) is 17.5 Å². The molecule has 1 aromatic heterocycles. The van der Waals surface area contributed by atoms with E-state index in [0.29, 0.717) is 24.0 Å². The largest absolute Gasteiger partial charge is 0.499 e. The Balaban J connectivity index is 1.59. The number of likely N-dealkylation sites (tertiary alicyclic amines) is 1. The molecule has 0 aromatic carbocycles. The van der Waals surface area contributed by atoms with Gasteiger partial charge in [0, 0.05) is 36.1 Å². The molecule has 1 N–H and O–H groups in total. The van der Waals surface area contributed by atoms with Crippen molar-refractivity contribution in [1.82, 2.24) is 14.9 Å². The Hall–Kier alpha value is -2.68. The lowest BCUT2D eigenvalue weighted by Crippen LogP contribution is -2.38. The van der Waals surface area contributed by atoms with Crippen molar-refractivity contribution in [3.63, 3.8) is 0 Å². The van der Waals surface area contributed by atoms with Gasteiger partial charge in [0.2, 0.25) is 5.75 Å². The molecule has 0 radical (unpaired) electrons. The Bertz CT molecular complexity index is 894. The lowest BCUT2D eigenvalue weighted by Gasteiger charge is -2.34. The highest BCUT2D eigenvalue weighted by Crippen LogP contribution is 2.39. The Morgan fingerprint density at radius 1 is 1.24 bits per heavy atom. The number of allylic oxidation sites excluding steroid dienone is 4. The summed E-state index contributed by atoms with van der Waals surface area (Å²) in [5, 5.41) is 11.2. The second kappa shape index (κ2) is 12.0. The highest BCUT2D eigenvalue weighted by molar-refractivity contribution is 8.04. The van der Waals surface area contributed by atoms with Gasteiger partial charge in [-0.05, 0) is 45.4 Å². The topological polar surface area (TPSA) is 76.9 Å². The highest BCUT2D eigenvalue weighted by atomic mass is 32.2. The van der Waals surface area contributed by atoms with E-state index in [4.69, 9.17) is 14.2 Å². The van der Waals surface area contributed by atoms with Crippen LogP contribution in [0.4, 0.5) is 4.39 Å². The zero-order valence-corrected chi connectivity index (χ0v) is 20.0. The van der Waals surface area contributed by atoms with Crippen molar-refractivity contribution in [1.29, 1.82) is 0 Å². The number of halogens is 1. The zero-order valence-electron chi connectivity index (χ0n) is 19.2. The molecule has 33 heavy (non-hydrogen) atoms. The van der Waals surface area contributed by atoms with Gasteiger partial charge in [-0.3, -0.25) is 0 Å². The third-order valence-corrected chi connectivity index (χ3v) is 6.40. The summed E-state index contributed by atoms with van der Waals surface area (Å²) in [5.74, 6) is 0.178. The fourth-order valence-electron chi connectivity index (χ4n) is 3.17. The number of hydrogen-bond acceptors (Lipinski definition) is 8. The maximum absolute atomic E-state index is 13.5. The molecule has 1 saturated carbocycles. The molecule has 2 fully saturated rings. The molecule has 0 atom stereocenters. The van der Waals surface area contributed by atoms with Gasteiger partial charge in [0.1, 0.15) is 24.9 Å². The van der Waals surface area contributed by atoms with E-state index in [2.05, 4.69) is 28.0 Å². The lowest BCUT2D eigenvalue weighted by atomic mass is 10.1. The molecular formula is C24H32FN3O4S.